The lowest BCUT2D eigenvalue weighted by Crippen LogP contribution is -1.90. The molecule has 0 N–H and O–H groups in total. The first-order chi connectivity index (χ1) is 26.8. The van der Waals surface area contributed by atoms with Crippen molar-refractivity contribution in [3.8, 4) is 0 Å². The van der Waals surface area contributed by atoms with Gasteiger partial charge in [0.25, 0.3) is 0 Å². The third kappa shape index (κ3) is 9.02. The first kappa shape index (κ1) is 34.0. The Kier molecular flexibility index (Phi) is 11.0. The van der Waals surface area contributed by atoms with E-state index in [9.17, 15) is 0 Å². The van der Waals surface area contributed by atoms with E-state index in [0.29, 0.717) is 0 Å². The molecule has 0 saturated carbocycles. The Bertz CT molecular complexity index is 2210. The molecule has 0 amide bonds. The van der Waals surface area contributed by atoms with Crippen LogP contribution in [0.4, 0.5) is 0 Å². The highest BCUT2D eigenvalue weighted by molar-refractivity contribution is 5.36. The van der Waals surface area contributed by atoms with Gasteiger partial charge in [-0.05, 0) is 24.3 Å². The van der Waals surface area contributed by atoms with Gasteiger partial charge in [0, 0.05) is 111 Å². The van der Waals surface area contributed by atoms with Gasteiger partial charge in [0.2, 0.25) is 5.78 Å². The van der Waals surface area contributed by atoms with E-state index in [1.165, 1.54) is 6.33 Å². The molecule has 0 spiro atoms. The van der Waals surface area contributed by atoms with Gasteiger partial charge >= 0.3 is 0 Å². The van der Waals surface area contributed by atoms with E-state index < -0.39 is 0 Å². The lowest BCUT2D eigenvalue weighted by Gasteiger charge is -1.86. The van der Waals surface area contributed by atoms with E-state index in [2.05, 4.69) is 70.3 Å². The van der Waals surface area contributed by atoms with Gasteiger partial charge in [-0.2, -0.15) is 10.2 Å². The van der Waals surface area contributed by atoms with Crippen molar-refractivity contribution in [1.82, 2.24) is 97.1 Å². The van der Waals surface area contributed by atoms with Crippen molar-refractivity contribution in [2.45, 2.75) is 0 Å². The summed E-state index contributed by atoms with van der Waals surface area (Å²) in [5.74, 6) is 0.748. The second-order valence-corrected chi connectivity index (χ2v) is 10.3. The maximum Gasteiger partial charge on any atom is 0.233 e. The average Bonchev–Trinajstić information content (AvgIpc) is 4.09. The van der Waals surface area contributed by atoms with Crippen LogP contribution in [0, 0.1) is 0 Å². The van der Waals surface area contributed by atoms with E-state index in [-0.39, 0.29) is 0 Å². The van der Waals surface area contributed by atoms with Crippen molar-refractivity contribution >= 4 is 34.0 Å². The summed E-state index contributed by atoms with van der Waals surface area (Å²) in [4.78, 5) is 39.6. The minimum Gasteiger partial charge on any atom is -0.304 e. The van der Waals surface area contributed by atoms with E-state index in [4.69, 9.17) is 0 Å². The third-order valence-electron chi connectivity index (χ3n) is 6.91. The van der Waals surface area contributed by atoms with Crippen LogP contribution in [0.3, 0.4) is 0 Å². The van der Waals surface area contributed by atoms with Gasteiger partial charge in [0.15, 0.2) is 22.6 Å². The summed E-state index contributed by atoms with van der Waals surface area (Å²) in [6.07, 6.45) is 40.2. The molecular weight excluding hydrogens is 689 g/mol. The number of nitrogens with zero attached hydrogens (tertiary/aromatic N) is 20. The second kappa shape index (κ2) is 17.5. The molecule has 12 aromatic heterocycles. The van der Waals surface area contributed by atoms with E-state index in [1.54, 1.807) is 119 Å². The summed E-state index contributed by atoms with van der Waals surface area (Å²) in [7, 11) is 0. The van der Waals surface area contributed by atoms with Crippen molar-refractivity contribution in [3.05, 3.63) is 173 Å². The molecule has 0 aliphatic heterocycles. The second-order valence-electron chi connectivity index (χ2n) is 10.3. The monoisotopic (exact) mass is 716 g/mol. The number of rotatable bonds is 0. The molecule has 0 fully saturated rings. The van der Waals surface area contributed by atoms with E-state index in [0.717, 1.165) is 34.0 Å². The molecule has 0 radical (unpaired) electrons. The summed E-state index contributed by atoms with van der Waals surface area (Å²) < 4.78 is 10.6. The standard InChI is InChI=1S/4C6H5N3.2C5H4N4/c1-3-9-4-2-8-6(9)5-7-1;1-2-7-5-9-4-3-8-6(1)9;1-2-7-6-8-3-5-9(6)4-1;1-2-6-7-4-5-9(6)8-3-1;1-2-9-5(7-1)3-6-4-8-9;1-2-7-8-9-4-3-6-5(1)9/h4*1-5H;2*1-4H. The van der Waals surface area contributed by atoms with Crippen LogP contribution < -0.4 is 0 Å². The maximum atomic E-state index is 4.04. The van der Waals surface area contributed by atoms with Crippen molar-refractivity contribution in [3.63, 3.8) is 0 Å². The van der Waals surface area contributed by atoms with Crippen molar-refractivity contribution < 1.29 is 0 Å². The van der Waals surface area contributed by atoms with Crippen LogP contribution in [0.15, 0.2) is 173 Å². The molecule has 0 aromatic carbocycles. The van der Waals surface area contributed by atoms with Gasteiger partial charge in [0.1, 0.15) is 18.3 Å². The molecule has 12 rings (SSSR count). The van der Waals surface area contributed by atoms with Gasteiger partial charge in [-0.3, -0.25) is 13.8 Å². The van der Waals surface area contributed by atoms with E-state index in [1.807, 2.05) is 74.6 Å². The zero-order chi connectivity index (χ0) is 36.6. The normalized spacial score (nSPS) is 10.2. The van der Waals surface area contributed by atoms with Gasteiger partial charge in [-0.15, -0.1) is 5.10 Å². The van der Waals surface area contributed by atoms with Gasteiger partial charge in [0.05, 0.1) is 24.8 Å². The molecule has 0 aliphatic carbocycles. The van der Waals surface area contributed by atoms with Gasteiger partial charge < -0.3 is 4.40 Å². The van der Waals surface area contributed by atoms with Crippen LogP contribution >= 0.6 is 0 Å². The van der Waals surface area contributed by atoms with Crippen LogP contribution in [0.2, 0.25) is 0 Å². The summed E-state index contributed by atoms with van der Waals surface area (Å²) in [5, 5.41) is 15.3. The Balaban J connectivity index is 0.0000001000. The summed E-state index contributed by atoms with van der Waals surface area (Å²) in [6, 6.07) is 9.30. The van der Waals surface area contributed by atoms with Crippen LogP contribution in [-0.2, 0) is 0 Å². The summed E-state index contributed by atoms with van der Waals surface area (Å²) >= 11 is 0. The molecule has 0 saturated heterocycles. The van der Waals surface area contributed by atoms with Crippen LogP contribution in [0.25, 0.3) is 34.0 Å². The van der Waals surface area contributed by atoms with Crippen molar-refractivity contribution in [1.29, 1.82) is 0 Å². The van der Waals surface area contributed by atoms with Crippen molar-refractivity contribution in [2.75, 3.05) is 0 Å². The number of hydrogen-bond acceptors (Lipinski definition) is 14. The molecular formula is C34H28N20. The smallest absolute Gasteiger partial charge is 0.233 e. The molecule has 12 aromatic rings. The molecule has 0 bridgehead atoms. The number of imidazole rings is 6. The number of aromatic nitrogens is 20. The van der Waals surface area contributed by atoms with Crippen LogP contribution in [0.5, 0.6) is 0 Å². The van der Waals surface area contributed by atoms with Crippen LogP contribution in [0.1, 0.15) is 0 Å². The first-order valence-corrected chi connectivity index (χ1v) is 15.9. The Hall–Kier alpha value is -8.42. The Labute approximate surface area is 303 Å². The number of fused-ring (bicyclic) bond motifs is 6. The summed E-state index contributed by atoms with van der Waals surface area (Å²) in [5.41, 5.74) is 4.31. The highest BCUT2D eigenvalue weighted by Crippen LogP contribution is 1.96. The number of hydrogen-bond donors (Lipinski definition) is 0. The molecule has 0 aliphatic rings. The molecule has 0 atom stereocenters. The predicted octanol–water partition coefficient (Wildman–Crippen LogP) is 3.17. The topological polar surface area (TPSA) is 207 Å². The molecule has 20 heteroatoms. The third-order valence-corrected chi connectivity index (χ3v) is 6.91. The lowest BCUT2D eigenvalue weighted by atomic mass is 10.6. The lowest BCUT2D eigenvalue weighted by molar-refractivity contribution is 0.807. The summed E-state index contributed by atoms with van der Waals surface area (Å²) in [6.45, 7) is 0. The van der Waals surface area contributed by atoms with Crippen LogP contribution in [-0.4, -0.2) is 97.1 Å². The molecule has 264 valence electrons. The fourth-order valence-corrected chi connectivity index (χ4v) is 4.44. The highest BCUT2D eigenvalue weighted by Gasteiger charge is 1.91. The van der Waals surface area contributed by atoms with Crippen molar-refractivity contribution in [2.24, 2.45) is 0 Å². The minimum atomic E-state index is 0.748. The molecule has 20 nitrogen and oxygen atoms in total. The van der Waals surface area contributed by atoms with Gasteiger partial charge in [-0.25, -0.2) is 58.4 Å². The fraction of sp³-hybridized carbons (Fsp3) is 0. The largest absolute Gasteiger partial charge is 0.304 e. The van der Waals surface area contributed by atoms with E-state index >= 15 is 0 Å². The zero-order valence-corrected chi connectivity index (χ0v) is 28.1. The zero-order valence-electron chi connectivity index (χ0n) is 28.1. The van der Waals surface area contributed by atoms with Gasteiger partial charge in [-0.1, -0.05) is 5.21 Å². The first-order valence-electron chi connectivity index (χ1n) is 15.9. The Morgan fingerprint density at radius 1 is 0.370 bits per heavy atom. The maximum absolute atomic E-state index is 4.04. The predicted molar refractivity (Wildman–Crippen MR) is 194 cm³/mol. The Morgan fingerprint density at radius 3 is 1.81 bits per heavy atom. The minimum absolute atomic E-state index is 0.748. The average molecular weight is 717 g/mol. The Morgan fingerprint density at radius 2 is 1.02 bits per heavy atom. The fourth-order valence-electron chi connectivity index (χ4n) is 4.44. The quantitative estimate of drug-likeness (QED) is 0.221. The molecule has 12 heterocycles. The SMILES string of the molecule is c1cc2nccn2cn1.c1cc2nccn2nn1.c1cn2ccnc2cn1.c1cn2ncncc2n1.c1cnc2nccn2c1.c1cnn2ccnc2c1. The molecule has 0 unspecified atom stereocenters. The highest BCUT2D eigenvalue weighted by atomic mass is 15.4. The molecule has 54 heavy (non-hydrogen) atoms.